The highest BCUT2D eigenvalue weighted by Gasteiger charge is 2.17. The first-order valence-electron chi connectivity index (χ1n) is 5.37. The van der Waals surface area contributed by atoms with Gasteiger partial charge < -0.3 is 10.2 Å². The van der Waals surface area contributed by atoms with Crippen LogP contribution >= 0.6 is 0 Å². The maximum atomic E-state index is 3.26. The molecule has 0 radical (unpaired) electrons. The largest absolute Gasteiger partial charge is 0.380 e. The van der Waals surface area contributed by atoms with Crippen molar-refractivity contribution in [3.63, 3.8) is 0 Å². The molecule has 2 aliphatic heterocycles. The molecule has 0 aromatic heterocycles. The molecule has 0 aromatic carbocycles. The Morgan fingerprint density at radius 2 is 2.07 bits per heavy atom. The van der Waals surface area contributed by atoms with Crippen LogP contribution in [0.2, 0.25) is 0 Å². The molecule has 2 heterocycles. The molecule has 2 aliphatic rings. The molecule has 0 amide bonds. The van der Waals surface area contributed by atoms with Crippen LogP contribution in [0.1, 0.15) is 27.7 Å². The summed E-state index contributed by atoms with van der Waals surface area (Å²) in [6.45, 7) is 8.38. The maximum absolute atomic E-state index is 3.26. The van der Waals surface area contributed by atoms with Crippen molar-refractivity contribution < 1.29 is 0 Å². The summed E-state index contributed by atoms with van der Waals surface area (Å²) in [7, 11) is 0. The van der Waals surface area contributed by atoms with E-state index in [1.807, 2.05) is 20.0 Å². The molecule has 0 saturated heterocycles. The second-order valence-electron chi connectivity index (χ2n) is 3.49. The summed E-state index contributed by atoms with van der Waals surface area (Å²) in [5, 5.41) is 3.26. The van der Waals surface area contributed by atoms with Crippen LogP contribution < -0.4 is 5.32 Å². The van der Waals surface area contributed by atoms with Crippen LogP contribution in [-0.2, 0) is 0 Å². The molecule has 0 aromatic rings. The van der Waals surface area contributed by atoms with Gasteiger partial charge in [0.05, 0.1) is 6.04 Å². The lowest BCUT2D eigenvalue weighted by Gasteiger charge is -2.26. The average Bonchev–Trinajstić information content (AvgIpc) is 2.67. The van der Waals surface area contributed by atoms with E-state index in [4.69, 9.17) is 0 Å². The fourth-order valence-corrected chi connectivity index (χ4v) is 1.46. The van der Waals surface area contributed by atoms with Crippen molar-refractivity contribution >= 4 is 0 Å². The average molecular weight is 192 g/mol. The maximum Gasteiger partial charge on any atom is 0.0724 e. The van der Waals surface area contributed by atoms with Gasteiger partial charge in [0.15, 0.2) is 0 Å². The minimum atomic E-state index is 0.417. The zero-order chi connectivity index (χ0) is 10.6. The Balaban J connectivity index is 0.000000461. The molecule has 0 spiro atoms. The minimum Gasteiger partial charge on any atom is -0.380 e. The third-order valence-electron chi connectivity index (χ3n) is 2.26. The zero-order valence-corrected chi connectivity index (χ0v) is 9.49. The zero-order valence-electron chi connectivity index (χ0n) is 9.49. The fourth-order valence-electron chi connectivity index (χ4n) is 1.46. The Hall–Kier alpha value is -1.18. The topological polar surface area (TPSA) is 15.3 Å². The van der Waals surface area contributed by atoms with E-state index < -0.39 is 0 Å². The lowest BCUT2D eigenvalue weighted by Crippen LogP contribution is -2.28. The minimum absolute atomic E-state index is 0.417. The van der Waals surface area contributed by atoms with Gasteiger partial charge in [0.2, 0.25) is 0 Å². The molecule has 1 unspecified atom stereocenters. The Bertz CT molecular complexity index is 261. The summed E-state index contributed by atoms with van der Waals surface area (Å²) in [6.07, 6.45) is 10.7. The molecule has 2 nitrogen and oxygen atoms in total. The van der Waals surface area contributed by atoms with Crippen molar-refractivity contribution in [1.29, 1.82) is 0 Å². The third-order valence-corrected chi connectivity index (χ3v) is 2.26. The van der Waals surface area contributed by atoms with Gasteiger partial charge in [-0.3, -0.25) is 0 Å². The smallest absolute Gasteiger partial charge is 0.0724 e. The molecule has 1 atom stereocenters. The second-order valence-corrected chi connectivity index (χ2v) is 3.49. The van der Waals surface area contributed by atoms with Crippen LogP contribution in [0, 0.1) is 0 Å². The number of nitrogens with one attached hydrogen (secondary N) is 1. The molecular weight excluding hydrogens is 172 g/mol. The van der Waals surface area contributed by atoms with Crippen LogP contribution in [0.15, 0.2) is 36.3 Å². The fraction of sp³-hybridized carbons (Fsp3) is 0.500. The molecule has 2 heteroatoms. The summed E-state index contributed by atoms with van der Waals surface area (Å²) in [5.41, 5.74) is 1.35. The first-order chi connectivity index (χ1) is 6.77. The molecule has 14 heavy (non-hydrogen) atoms. The van der Waals surface area contributed by atoms with E-state index in [1.165, 1.54) is 5.57 Å². The molecule has 0 aliphatic carbocycles. The molecule has 2 rings (SSSR count). The van der Waals surface area contributed by atoms with Crippen LogP contribution in [0.25, 0.3) is 0 Å². The van der Waals surface area contributed by atoms with E-state index in [-0.39, 0.29) is 0 Å². The number of nitrogens with zero attached hydrogens (tertiary/aromatic N) is 1. The number of hydrogen-bond acceptors (Lipinski definition) is 2. The first-order valence-corrected chi connectivity index (χ1v) is 5.37. The Kier molecular flexibility index (Phi) is 3.81. The van der Waals surface area contributed by atoms with E-state index >= 15 is 0 Å². The normalized spacial score (nSPS) is 22.5. The summed E-state index contributed by atoms with van der Waals surface area (Å²) in [6, 6.07) is 0.962. The summed E-state index contributed by atoms with van der Waals surface area (Å²) in [5.74, 6) is 0. The van der Waals surface area contributed by atoms with Crippen molar-refractivity contribution in [2.24, 2.45) is 0 Å². The van der Waals surface area contributed by atoms with E-state index in [0.717, 1.165) is 0 Å². The molecule has 0 bridgehead atoms. The quantitative estimate of drug-likeness (QED) is 0.687. The van der Waals surface area contributed by atoms with Gasteiger partial charge in [-0.25, -0.2) is 0 Å². The molecular formula is C12H20N2. The van der Waals surface area contributed by atoms with Gasteiger partial charge in [-0.05, 0) is 37.8 Å². The second kappa shape index (κ2) is 4.89. The number of fused-ring (bicyclic) bond motifs is 1. The lowest BCUT2D eigenvalue weighted by molar-refractivity contribution is 0.405. The highest BCUT2D eigenvalue weighted by molar-refractivity contribution is 5.36. The summed E-state index contributed by atoms with van der Waals surface area (Å²) < 4.78 is 0. The van der Waals surface area contributed by atoms with Crippen LogP contribution in [0.4, 0.5) is 0 Å². The monoisotopic (exact) mass is 192 g/mol. The predicted molar refractivity (Wildman–Crippen MR) is 61.6 cm³/mol. The standard InChI is InChI=1S/C10H14N2.C2H6/c1-8(2)12-6-4-10-9(7-12)3-5-11-10;1-2/h3-8,10-11H,1-2H3;1-2H3. The van der Waals surface area contributed by atoms with Crippen LogP contribution in [0.3, 0.4) is 0 Å². The molecule has 78 valence electrons. The van der Waals surface area contributed by atoms with Crippen molar-refractivity contribution in [3.05, 3.63) is 36.3 Å². The van der Waals surface area contributed by atoms with Gasteiger partial charge in [-0.2, -0.15) is 0 Å². The van der Waals surface area contributed by atoms with Crippen LogP contribution in [0.5, 0.6) is 0 Å². The Morgan fingerprint density at radius 3 is 2.71 bits per heavy atom. The molecule has 1 N–H and O–H groups in total. The van der Waals surface area contributed by atoms with Crippen molar-refractivity contribution in [1.82, 2.24) is 10.2 Å². The van der Waals surface area contributed by atoms with Gasteiger partial charge in [-0.15, -0.1) is 0 Å². The molecule has 0 fully saturated rings. The lowest BCUT2D eigenvalue weighted by atomic mass is 10.1. The highest BCUT2D eigenvalue weighted by atomic mass is 15.1. The predicted octanol–water partition coefficient (Wildman–Crippen LogP) is 2.62. The third kappa shape index (κ3) is 2.19. The van der Waals surface area contributed by atoms with Gasteiger partial charge in [-0.1, -0.05) is 13.8 Å². The van der Waals surface area contributed by atoms with Gasteiger partial charge >= 0.3 is 0 Å². The van der Waals surface area contributed by atoms with Gasteiger partial charge in [0, 0.05) is 18.4 Å². The van der Waals surface area contributed by atoms with E-state index in [1.54, 1.807) is 0 Å². The van der Waals surface area contributed by atoms with E-state index in [9.17, 15) is 0 Å². The van der Waals surface area contributed by atoms with Crippen LogP contribution in [-0.4, -0.2) is 17.0 Å². The number of rotatable bonds is 1. The Labute approximate surface area is 87.0 Å². The van der Waals surface area contributed by atoms with Crippen molar-refractivity contribution in [3.8, 4) is 0 Å². The van der Waals surface area contributed by atoms with E-state index in [2.05, 4.69) is 48.6 Å². The SMILES string of the molecule is CC.CC(C)N1C=CC2NC=CC2=C1. The highest BCUT2D eigenvalue weighted by Crippen LogP contribution is 2.19. The first kappa shape index (κ1) is 10.9. The van der Waals surface area contributed by atoms with Gasteiger partial charge in [0.1, 0.15) is 0 Å². The van der Waals surface area contributed by atoms with Gasteiger partial charge in [0.25, 0.3) is 0 Å². The molecule has 0 saturated carbocycles. The summed E-state index contributed by atoms with van der Waals surface area (Å²) in [4.78, 5) is 2.23. The Morgan fingerprint density at radius 1 is 1.36 bits per heavy atom. The van der Waals surface area contributed by atoms with Crippen molar-refractivity contribution in [2.75, 3.05) is 0 Å². The van der Waals surface area contributed by atoms with Crippen molar-refractivity contribution in [2.45, 2.75) is 39.8 Å². The summed E-state index contributed by atoms with van der Waals surface area (Å²) >= 11 is 0. The number of hydrogen-bond donors (Lipinski definition) is 1. The van der Waals surface area contributed by atoms with E-state index in [0.29, 0.717) is 12.1 Å².